The third-order valence-electron chi connectivity index (χ3n) is 6.75. The Bertz CT molecular complexity index is 1310. The van der Waals surface area contributed by atoms with Crippen molar-refractivity contribution in [1.82, 2.24) is 24.9 Å². The first-order valence-electron chi connectivity index (χ1n) is 11.7. The molecule has 1 saturated heterocycles. The summed E-state index contributed by atoms with van der Waals surface area (Å²) in [5.41, 5.74) is 4.40. The standard InChI is InChI=1S/C27H32N6O/c1-26(2)14-21(15-27(3,4)31-26)32(5)25-9-8-23(29-30-25)22-7-6-18(13-24(22)34)19-10-11-33-17-28-16-20(33)12-19/h6-13,16-17,21,31,34H,14-15H2,1-5H3. The lowest BCUT2D eigenvalue weighted by molar-refractivity contribution is 0.160. The van der Waals surface area contributed by atoms with Crippen LogP contribution in [0.5, 0.6) is 5.75 Å². The van der Waals surface area contributed by atoms with Crippen molar-refractivity contribution < 1.29 is 5.11 Å². The van der Waals surface area contributed by atoms with Crippen LogP contribution in [-0.4, -0.2) is 48.9 Å². The minimum Gasteiger partial charge on any atom is -0.507 e. The molecule has 1 aliphatic heterocycles. The van der Waals surface area contributed by atoms with Gasteiger partial charge < -0.3 is 19.7 Å². The van der Waals surface area contributed by atoms with Crippen LogP contribution in [0.2, 0.25) is 0 Å². The van der Waals surface area contributed by atoms with Crippen molar-refractivity contribution in [2.45, 2.75) is 57.7 Å². The minimum absolute atomic E-state index is 0.0597. The van der Waals surface area contributed by atoms with Crippen LogP contribution in [0.1, 0.15) is 40.5 Å². The molecule has 176 valence electrons. The molecule has 0 spiro atoms. The number of anilines is 1. The highest BCUT2D eigenvalue weighted by Crippen LogP contribution is 2.35. The molecule has 0 unspecified atom stereocenters. The van der Waals surface area contributed by atoms with E-state index in [-0.39, 0.29) is 16.8 Å². The molecule has 34 heavy (non-hydrogen) atoms. The van der Waals surface area contributed by atoms with Gasteiger partial charge in [-0.15, -0.1) is 10.2 Å². The van der Waals surface area contributed by atoms with Gasteiger partial charge in [0, 0.05) is 35.9 Å². The molecule has 0 bridgehead atoms. The highest BCUT2D eigenvalue weighted by Gasteiger charge is 2.39. The number of phenolic OH excluding ortho intramolecular Hbond substituents is 1. The van der Waals surface area contributed by atoms with Gasteiger partial charge in [0.1, 0.15) is 5.75 Å². The van der Waals surface area contributed by atoms with Gasteiger partial charge in [-0.3, -0.25) is 0 Å². The highest BCUT2D eigenvalue weighted by molar-refractivity contribution is 5.76. The summed E-state index contributed by atoms with van der Waals surface area (Å²) in [6.45, 7) is 9.01. The Morgan fingerprint density at radius 2 is 1.71 bits per heavy atom. The molecule has 2 N–H and O–H groups in total. The van der Waals surface area contributed by atoms with E-state index >= 15 is 0 Å². The minimum atomic E-state index is 0.0597. The van der Waals surface area contributed by atoms with Gasteiger partial charge >= 0.3 is 0 Å². The fourth-order valence-corrected chi connectivity index (χ4v) is 5.41. The molecular weight excluding hydrogens is 424 g/mol. The number of imidazole rings is 1. The number of phenols is 1. The molecule has 4 heterocycles. The van der Waals surface area contributed by atoms with Gasteiger partial charge in [0.25, 0.3) is 0 Å². The number of fused-ring (bicyclic) bond motifs is 1. The maximum absolute atomic E-state index is 10.8. The van der Waals surface area contributed by atoms with Crippen LogP contribution in [0, 0.1) is 0 Å². The Kier molecular flexibility index (Phi) is 5.32. The van der Waals surface area contributed by atoms with Gasteiger partial charge in [0.15, 0.2) is 5.82 Å². The molecule has 0 atom stereocenters. The van der Waals surface area contributed by atoms with E-state index in [2.05, 4.69) is 66.2 Å². The van der Waals surface area contributed by atoms with Crippen LogP contribution in [0.25, 0.3) is 27.9 Å². The van der Waals surface area contributed by atoms with Crippen molar-refractivity contribution in [2.24, 2.45) is 0 Å². The number of aromatic nitrogens is 4. The molecule has 5 rings (SSSR count). The molecule has 3 aromatic heterocycles. The molecular formula is C27H32N6O. The van der Waals surface area contributed by atoms with Gasteiger partial charge in [0.2, 0.25) is 0 Å². The van der Waals surface area contributed by atoms with Crippen LogP contribution in [0.4, 0.5) is 5.82 Å². The van der Waals surface area contributed by atoms with E-state index in [1.54, 1.807) is 12.4 Å². The number of hydrogen-bond donors (Lipinski definition) is 2. The molecule has 0 amide bonds. The second-order valence-electron chi connectivity index (χ2n) is 10.7. The number of nitrogens with zero attached hydrogens (tertiary/aromatic N) is 5. The summed E-state index contributed by atoms with van der Waals surface area (Å²) in [6, 6.07) is 14.0. The van der Waals surface area contributed by atoms with Crippen molar-refractivity contribution in [3.63, 3.8) is 0 Å². The van der Waals surface area contributed by atoms with E-state index in [1.807, 2.05) is 47.1 Å². The molecule has 0 saturated carbocycles. The Balaban J connectivity index is 1.37. The normalized spacial score (nSPS) is 17.7. The first-order chi connectivity index (χ1) is 16.1. The molecule has 1 aliphatic rings. The summed E-state index contributed by atoms with van der Waals surface area (Å²) in [7, 11) is 2.09. The quantitative estimate of drug-likeness (QED) is 0.454. The van der Waals surface area contributed by atoms with E-state index < -0.39 is 0 Å². The summed E-state index contributed by atoms with van der Waals surface area (Å²) < 4.78 is 1.96. The Hall–Kier alpha value is -3.45. The van der Waals surface area contributed by atoms with Gasteiger partial charge in [-0.2, -0.15) is 0 Å². The Morgan fingerprint density at radius 1 is 0.971 bits per heavy atom. The predicted octanol–water partition coefficient (Wildman–Crippen LogP) is 4.91. The van der Waals surface area contributed by atoms with E-state index in [9.17, 15) is 5.11 Å². The van der Waals surface area contributed by atoms with E-state index in [0.29, 0.717) is 17.3 Å². The maximum atomic E-state index is 10.8. The number of nitrogens with one attached hydrogen (secondary N) is 1. The largest absolute Gasteiger partial charge is 0.507 e. The second-order valence-corrected chi connectivity index (χ2v) is 10.7. The molecule has 4 aromatic rings. The number of pyridine rings is 1. The maximum Gasteiger partial charge on any atom is 0.151 e. The SMILES string of the molecule is CN(c1ccc(-c2ccc(-c3ccn4cncc4c3)cc2O)nn1)C1CC(C)(C)NC(C)(C)C1. The monoisotopic (exact) mass is 456 g/mol. The molecule has 0 radical (unpaired) electrons. The van der Waals surface area contributed by atoms with Gasteiger partial charge in [0.05, 0.1) is 23.7 Å². The van der Waals surface area contributed by atoms with E-state index in [1.165, 1.54) is 0 Å². The zero-order valence-electron chi connectivity index (χ0n) is 20.4. The highest BCUT2D eigenvalue weighted by atomic mass is 16.3. The lowest BCUT2D eigenvalue weighted by Crippen LogP contribution is -2.62. The third-order valence-corrected chi connectivity index (χ3v) is 6.75. The summed E-state index contributed by atoms with van der Waals surface area (Å²) in [6.07, 6.45) is 7.62. The van der Waals surface area contributed by atoms with Gasteiger partial charge in [-0.05, 0) is 88.1 Å². The van der Waals surface area contributed by atoms with Crippen molar-refractivity contribution in [1.29, 1.82) is 0 Å². The fraction of sp³-hybridized carbons (Fsp3) is 0.370. The van der Waals surface area contributed by atoms with Crippen LogP contribution >= 0.6 is 0 Å². The zero-order valence-corrected chi connectivity index (χ0v) is 20.4. The lowest BCUT2D eigenvalue weighted by atomic mass is 9.79. The average Bonchev–Trinajstić information content (AvgIpc) is 3.24. The zero-order chi connectivity index (χ0) is 24.1. The van der Waals surface area contributed by atoms with Gasteiger partial charge in [-0.1, -0.05) is 6.07 Å². The third kappa shape index (κ3) is 4.35. The molecule has 1 aromatic carbocycles. The predicted molar refractivity (Wildman–Crippen MR) is 136 cm³/mol. The number of benzene rings is 1. The topological polar surface area (TPSA) is 78.6 Å². The van der Waals surface area contributed by atoms with Crippen LogP contribution in [0.15, 0.2) is 61.2 Å². The number of piperidine rings is 1. The fourth-order valence-electron chi connectivity index (χ4n) is 5.41. The number of rotatable bonds is 4. The first kappa shape index (κ1) is 22.3. The van der Waals surface area contributed by atoms with E-state index in [0.717, 1.165) is 35.3 Å². The van der Waals surface area contributed by atoms with Crippen LogP contribution in [-0.2, 0) is 0 Å². The molecule has 7 nitrogen and oxygen atoms in total. The summed E-state index contributed by atoms with van der Waals surface area (Å²) in [5, 5.41) is 23.5. The first-order valence-corrected chi connectivity index (χ1v) is 11.7. The summed E-state index contributed by atoms with van der Waals surface area (Å²) >= 11 is 0. The van der Waals surface area contributed by atoms with Crippen LogP contribution in [0.3, 0.4) is 0 Å². The number of hydrogen-bond acceptors (Lipinski definition) is 6. The van der Waals surface area contributed by atoms with Crippen molar-refractivity contribution in [3.05, 3.63) is 61.2 Å². The molecule has 1 fully saturated rings. The lowest BCUT2D eigenvalue weighted by Gasteiger charge is -2.49. The van der Waals surface area contributed by atoms with Crippen molar-refractivity contribution >= 4 is 11.3 Å². The molecule has 0 aliphatic carbocycles. The average molecular weight is 457 g/mol. The Labute approximate surface area is 200 Å². The van der Waals surface area contributed by atoms with Crippen molar-refractivity contribution in [2.75, 3.05) is 11.9 Å². The van der Waals surface area contributed by atoms with Gasteiger partial charge in [-0.25, -0.2) is 4.98 Å². The summed E-state index contributed by atoms with van der Waals surface area (Å²) in [4.78, 5) is 6.40. The Morgan fingerprint density at radius 3 is 2.38 bits per heavy atom. The van der Waals surface area contributed by atoms with Crippen LogP contribution < -0.4 is 10.2 Å². The molecule has 7 heteroatoms. The number of aromatic hydroxyl groups is 1. The second kappa shape index (κ2) is 8.09. The van der Waals surface area contributed by atoms with E-state index in [4.69, 9.17) is 0 Å². The smallest absolute Gasteiger partial charge is 0.151 e. The summed E-state index contributed by atoms with van der Waals surface area (Å²) in [5.74, 6) is 1.02. The van der Waals surface area contributed by atoms with Crippen molar-refractivity contribution in [3.8, 4) is 28.1 Å².